The molecule has 0 bridgehead atoms. The van der Waals surface area contributed by atoms with Crippen LogP contribution in [0.1, 0.15) is 20.3 Å². The zero-order valence-electron chi connectivity index (χ0n) is 6.29. The Bertz CT molecular complexity index is 230. The van der Waals surface area contributed by atoms with Gasteiger partial charge in [-0.2, -0.15) is 0 Å². The lowest BCUT2D eigenvalue weighted by Gasteiger charge is -2.13. The van der Waals surface area contributed by atoms with Crippen molar-refractivity contribution in [2.24, 2.45) is 5.73 Å². The summed E-state index contributed by atoms with van der Waals surface area (Å²) in [6.07, 6.45) is 0.593. The highest BCUT2D eigenvalue weighted by molar-refractivity contribution is 7.92. The molecule has 2 atom stereocenters. The van der Waals surface area contributed by atoms with Crippen molar-refractivity contribution in [2.45, 2.75) is 31.1 Å². The van der Waals surface area contributed by atoms with E-state index < -0.39 is 15.4 Å². The minimum absolute atomic E-state index is 0.140. The summed E-state index contributed by atoms with van der Waals surface area (Å²) in [5, 5.41) is -0.248. The van der Waals surface area contributed by atoms with Crippen molar-refractivity contribution in [3.8, 4) is 0 Å². The van der Waals surface area contributed by atoms with Gasteiger partial charge >= 0.3 is 0 Å². The van der Waals surface area contributed by atoms with Gasteiger partial charge in [0.15, 0.2) is 9.84 Å². The molecule has 1 aliphatic rings. The summed E-state index contributed by atoms with van der Waals surface area (Å²) in [5.74, 6) is 0.140. The highest BCUT2D eigenvalue weighted by Gasteiger charge is 2.40. The first-order valence-corrected chi connectivity index (χ1v) is 5.05. The van der Waals surface area contributed by atoms with E-state index in [-0.39, 0.29) is 11.0 Å². The molecule has 2 N–H and O–H groups in total. The fourth-order valence-electron chi connectivity index (χ4n) is 1.44. The minimum Gasteiger partial charge on any atom is -0.324 e. The zero-order valence-corrected chi connectivity index (χ0v) is 7.11. The maximum Gasteiger partial charge on any atom is 0.154 e. The van der Waals surface area contributed by atoms with E-state index in [9.17, 15) is 8.42 Å². The fraction of sp³-hybridized carbons (Fsp3) is 1.00. The smallest absolute Gasteiger partial charge is 0.154 e. The second kappa shape index (κ2) is 1.95. The Balaban J connectivity index is 2.92. The Hall–Kier alpha value is -0.0900. The summed E-state index contributed by atoms with van der Waals surface area (Å²) in [4.78, 5) is 0. The van der Waals surface area contributed by atoms with Gasteiger partial charge in [-0.3, -0.25) is 0 Å². The van der Waals surface area contributed by atoms with Crippen molar-refractivity contribution in [1.29, 1.82) is 0 Å². The Morgan fingerprint density at radius 2 is 2.10 bits per heavy atom. The van der Waals surface area contributed by atoms with E-state index in [0.717, 1.165) is 0 Å². The zero-order chi connectivity index (χ0) is 7.99. The number of hydrogen-bond acceptors (Lipinski definition) is 3. The molecule has 1 fully saturated rings. The van der Waals surface area contributed by atoms with Crippen molar-refractivity contribution in [1.82, 2.24) is 0 Å². The quantitative estimate of drug-likeness (QED) is 0.543. The number of sulfone groups is 1. The van der Waals surface area contributed by atoms with Crippen LogP contribution >= 0.6 is 0 Å². The van der Waals surface area contributed by atoms with Gasteiger partial charge in [0.2, 0.25) is 0 Å². The highest BCUT2D eigenvalue weighted by atomic mass is 32.2. The van der Waals surface area contributed by atoms with Crippen LogP contribution in [0.15, 0.2) is 0 Å². The Labute approximate surface area is 61.5 Å². The van der Waals surface area contributed by atoms with Gasteiger partial charge in [-0.15, -0.1) is 0 Å². The Kier molecular flexibility index (Phi) is 1.56. The SMILES string of the molecule is CC1CC(C)(N)CS1(=O)=O. The van der Waals surface area contributed by atoms with Crippen molar-refractivity contribution >= 4 is 9.84 Å². The van der Waals surface area contributed by atoms with E-state index in [4.69, 9.17) is 5.73 Å². The van der Waals surface area contributed by atoms with E-state index >= 15 is 0 Å². The molecule has 1 aliphatic heterocycles. The molecule has 0 spiro atoms. The molecule has 0 aliphatic carbocycles. The monoisotopic (exact) mass is 163 g/mol. The molecule has 60 valence electrons. The summed E-state index contributed by atoms with van der Waals surface area (Å²) in [6, 6.07) is 0. The standard InChI is InChI=1S/C6H13NO2S/c1-5-3-6(2,7)4-10(5,8)9/h5H,3-4,7H2,1-2H3. The van der Waals surface area contributed by atoms with Crippen molar-refractivity contribution in [3.63, 3.8) is 0 Å². The Morgan fingerprint density at radius 1 is 1.60 bits per heavy atom. The lowest BCUT2D eigenvalue weighted by molar-refractivity contribution is 0.509. The van der Waals surface area contributed by atoms with Crippen molar-refractivity contribution in [2.75, 3.05) is 5.75 Å². The number of nitrogens with two attached hydrogens (primary N) is 1. The first kappa shape index (κ1) is 8.01. The van der Waals surface area contributed by atoms with Gasteiger partial charge in [-0.1, -0.05) is 0 Å². The molecule has 10 heavy (non-hydrogen) atoms. The van der Waals surface area contributed by atoms with Crippen LogP contribution in [0.25, 0.3) is 0 Å². The second-order valence-corrected chi connectivity index (χ2v) is 5.90. The maximum atomic E-state index is 11.1. The molecule has 2 unspecified atom stereocenters. The molecule has 4 heteroatoms. The van der Waals surface area contributed by atoms with Gasteiger partial charge in [-0.05, 0) is 20.3 Å². The molecule has 0 aromatic carbocycles. The second-order valence-electron chi connectivity index (χ2n) is 3.48. The van der Waals surface area contributed by atoms with E-state index in [2.05, 4.69) is 0 Å². The van der Waals surface area contributed by atoms with Crippen molar-refractivity contribution in [3.05, 3.63) is 0 Å². The predicted molar refractivity (Wildman–Crippen MR) is 40.5 cm³/mol. The molecule has 0 amide bonds. The van der Waals surface area contributed by atoms with Crippen LogP contribution in [-0.4, -0.2) is 25.0 Å². The molecule has 0 radical (unpaired) electrons. The molecular formula is C6H13NO2S. The predicted octanol–water partition coefficient (Wildman–Crippen LogP) is -0.0892. The molecule has 1 heterocycles. The first-order valence-electron chi connectivity index (χ1n) is 3.34. The lowest BCUT2D eigenvalue weighted by Crippen LogP contribution is -2.36. The largest absolute Gasteiger partial charge is 0.324 e. The highest BCUT2D eigenvalue weighted by Crippen LogP contribution is 2.26. The molecule has 0 aromatic rings. The summed E-state index contributed by atoms with van der Waals surface area (Å²) in [6.45, 7) is 3.50. The van der Waals surface area contributed by atoms with E-state index in [1.54, 1.807) is 13.8 Å². The third-order valence-electron chi connectivity index (χ3n) is 1.90. The van der Waals surface area contributed by atoms with E-state index in [0.29, 0.717) is 6.42 Å². The summed E-state index contributed by atoms with van der Waals surface area (Å²) in [5.41, 5.74) is 5.18. The lowest BCUT2D eigenvalue weighted by atomic mass is 10.0. The molecular weight excluding hydrogens is 150 g/mol. The van der Waals surface area contributed by atoms with Crippen LogP contribution in [-0.2, 0) is 9.84 Å². The van der Waals surface area contributed by atoms with Gasteiger partial charge in [0.1, 0.15) is 0 Å². The average molecular weight is 163 g/mol. The average Bonchev–Trinajstić information content (AvgIpc) is 1.73. The third-order valence-corrected chi connectivity index (χ3v) is 4.35. The van der Waals surface area contributed by atoms with Crippen LogP contribution in [0.3, 0.4) is 0 Å². The third kappa shape index (κ3) is 1.32. The maximum absolute atomic E-state index is 11.1. The van der Waals surface area contributed by atoms with Gasteiger partial charge in [0.25, 0.3) is 0 Å². The van der Waals surface area contributed by atoms with Crippen LogP contribution in [0, 0.1) is 0 Å². The summed E-state index contributed by atoms with van der Waals surface area (Å²) < 4.78 is 22.2. The molecule has 0 saturated carbocycles. The molecule has 0 aromatic heterocycles. The van der Waals surface area contributed by atoms with Crippen LogP contribution < -0.4 is 5.73 Å². The fourth-order valence-corrected chi connectivity index (χ4v) is 3.40. The topological polar surface area (TPSA) is 60.2 Å². The van der Waals surface area contributed by atoms with E-state index in [1.165, 1.54) is 0 Å². The summed E-state index contributed by atoms with van der Waals surface area (Å²) in [7, 11) is -2.86. The van der Waals surface area contributed by atoms with Gasteiger partial charge in [0.05, 0.1) is 11.0 Å². The molecule has 1 saturated heterocycles. The minimum atomic E-state index is -2.86. The van der Waals surface area contributed by atoms with E-state index in [1.807, 2.05) is 0 Å². The van der Waals surface area contributed by atoms with Crippen LogP contribution in [0.4, 0.5) is 0 Å². The van der Waals surface area contributed by atoms with Gasteiger partial charge in [-0.25, -0.2) is 8.42 Å². The number of hydrogen-bond donors (Lipinski definition) is 1. The van der Waals surface area contributed by atoms with Crippen LogP contribution in [0.2, 0.25) is 0 Å². The normalized spacial score (nSPS) is 45.7. The molecule has 1 rings (SSSR count). The summed E-state index contributed by atoms with van der Waals surface area (Å²) >= 11 is 0. The first-order chi connectivity index (χ1) is 4.33. The van der Waals surface area contributed by atoms with Crippen LogP contribution in [0.5, 0.6) is 0 Å². The molecule has 3 nitrogen and oxygen atoms in total. The van der Waals surface area contributed by atoms with Gasteiger partial charge in [0, 0.05) is 5.54 Å². The van der Waals surface area contributed by atoms with Crippen molar-refractivity contribution < 1.29 is 8.42 Å². The Morgan fingerprint density at radius 3 is 2.20 bits per heavy atom. The van der Waals surface area contributed by atoms with Gasteiger partial charge < -0.3 is 5.73 Å². The number of rotatable bonds is 0.